The Hall–Kier alpha value is -1.18. The summed E-state index contributed by atoms with van der Waals surface area (Å²) in [5.41, 5.74) is 10.2. The SMILES string of the molecule is CNCC(O)CNC(=O)C[C@H](N)C(N)=O. The third kappa shape index (κ3) is 6.83. The third-order valence-corrected chi connectivity index (χ3v) is 1.75. The van der Waals surface area contributed by atoms with Gasteiger partial charge in [-0.15, -0.1) is 0 Å². The largest absolute Gasteiger partial charge is 0.390 e. The molecule has 0 fully saturated rings. The fraction of sp³-hybridized carbons (Fsp3) is 0.750. The highest BCUT2D eigenvalue weighted by Gasteiger charge is 2.14. The maximum Gasteiger partial charge on any atom is 0.234 e. The fourth-order valence-corrected chi connectivity index (χ4v) is 0.912. The van der Waals surface area contributed by atoms with Gasteiger partial charge in [0, 0.05) is 13.1 Å². The number of likely N-dealkylation sites (N-methyl/N-ethyl adjacent to an activating group) is 1. The molecule has 0 saturated carbocycles. The molecule has 7 heteroatoms. The van der Waals surface area contributed by atoms with Gasteiger partial charge in [-0.1, -0.05) is 0 Å². The minimum Gasteiger partial charge on any atom is -0.390 e. The van der Waals surface area contributed by atoms with Crippen molar-refractivity contribution in [2.24, 2.45) is 11.5 Å². The molecule has 0 aromatic heterocycles. The van der Waals surface area contributed by atoms with Gasteiger partial charge < -0.3 is 27.2 Å². The highest BCUT2D eigenvalue weighted by molar-refractivity contribution is 5.87. The van der Waals surface area contributed by atoms with Crippen molar-refractivity contribution in [2.45, 2.75) is 18.6 Å². The lowest BCUT2D eigenvalue weighted by Gasteiger charge is -2.12. The maximum absolute atomic E-state index is 11.1. The third-order valence-electron chi connectivity index (χ3n) is 1.75. The van der Waals surface area contributed by atoms with Crippen LogP contribution in [0, 0.1) is 0 Å². The van der Waals surface area contributed by atoms with Crippen molar-refractivity contribution >= 4 is 11.8 Å². The van der Waals surface area contributed by atoms with Crippen molar-refractivity contribution in [2.75, 3.05) is 20.1 Å². The molecule has 2 atom stereocenters. The lowest BCUT2D eigenvalue weighted by molar-refractivity contribution is -0.126. The van der Waals surface area contributed by atoms with Crippen LogP contribution in [0.3, 0.4) is 0 Å². The first-order chi connectivity index (χ1) is 6.97. The molecule has 1 unspecified atom stereocenters. The van der Waals surface area contributed by atoms with E-state index in [0.717, 1.165) is 0 Å². The van der Waals surface area contributed by atoms with Crippen LogP contribution in [0.4, 0.5) is 0 Å². The topological polar surface area (TPSA) is 130 Å². The van der Waals surface area contributed by atoms with Gasteiger partial charge in [0.05, 0.1) is 18.6 Å². The number of hydrogen-bond donors (Lipinski definition) is 5. The Balaban J connectivity index is 3.70. The summed E-state index contributed by atoms with van der Waals surface area (Å²) in [4.78, 5) is 21.7. The predicted molar refractivity (Wildman–Crippen MR) is 54.7 cm³/mol. The number of nitrogens with one attached hydrogen (secondary N) is 2. The number of primary amides is 1. The Labute approximate surface area is 88.2 Å². The normalized spacial score (nSPS) is 14.3. The van der Waals surface area contributed by atoms with Crippen LogP contribution in [0.1, 0.15) is 6.42 Å². The summed E-state index contributed by atoms with van der Waals surface area (Å²) in [6.45, 7) is 0.493. The molecule has 0 aromatic carbocycles. The number of aliphatic hydroxyl groups is 1. The lowest BCUT2D eigenvalue weighted by atomic mass is 10.2. The molecule has 0 aliphatic rings. The Morgan fingerprint density at radius 2 is 2.00 bits per heavy atom. The van der Waals surface area contributed by atoms with Gasteiger partial charge in [-0.3, -0.25) is 9.59 Å². The zero-order valence-electron chi connectivity index (χ0n) is 8.69. The van der Waals surface area contributed by atoms with Crippen LogP contribution in [0.5, 0.6) is 0 Å². The molecular weight excluding hydrogens is 200 g/mol. The number of amides is 2. The van der Waals surface area contributed by atoms with E-state index in [4.69, 9.17) is 11.5 Å². The highest BCUT2D eigenvalue weighted by Crippen LogP contribution is 1.87. The summed E-state index contributed by atoms with van der Waals surface area (Å²) in [6, 6.07) is -0.980. The maximum atomic E-state index is 11.1. The Morgan fingerprint density at radius 3 is 2.47 bits per heavy atom. The minimum absolute atomic E-state index is 0.116. The average molecular weight is 218 g/mol. The first-order valence-electron chi connectivity index (χ1n) is 4.61. The van der Waals surface area contributed by atoms with E-state index in [0.29, 0.717) is 6.54 Å². The van der Waals surface area contributed by atoms with Crippen LogP contribution in [0.2, 0.25) is 0 Å². The van der Waals surface area contributed by atoms with E-state index >= 15 is 0 Å². The van der Waals surface area contributed by atoms with Crippen LogP contribution in [0.15, 0.2) is 0 Å². The molecule has 15 heavy (non-hydrogen) atoms. The smallest absolute Gasteiger partial charge is 0.234 e. The molecule has 0 aromatic rings. The lowest BCUT2D eigenvalue weighted by Crippen LogP contribution is -2.43. The second-order valence-electron chi connectivity index (χ2n) is 3.23. The van der Waals surface area contributed by atoms with Crippen molar-refractivity contribution in [1.29, 1.82) is 0 Å². The molecule has 0 saturated heterocycles. The summed E-state index contributed by atoms with van der Waals surface area (Å²) in [5.74, 6) is -1.13. The van der Waals surface area contributed by atoms with E-state index < -0.39 is 24.0 Å². The van der Waals surface area contributed by atoms with Crippen molar-refractivity contribution < 1.29 is 14.7 Å². The van der Waals surface area contributed by atoms with E-state index in [1.807, 2.05) is 0 Å². The molecule has 0 aliphatic carbocycles. The first-order valence-corrected chi connectivity index (χ1v) is 4.61. The molecule has 0 bridgehead atoms. The summed E-state index contributed by atoms with van der Waals surface area (Å²) in [5, 5.41) is 14.4. The second kappa shape index (κ2) is 7.16. The van der Waals surface area contributed by atoms with E-state index in [1.165, 1.54) is 0 Å². The van der Waals surface area contributed by atoms with Crippen molar-refractivity contribution in [3.8, 4) is 0 Å². The highest BCUT2D eigenvalue weighted by atomic mass is 16.3. The van der Waals surface area contributed by atoms with E-state index in [-0.39, 0.29) is 13.0 Å². The Kier molecular flexibility index (Phi) is 6.59. The number of nitrogens with two attached hydrogens (primary N) is 2. The number of carbonyl (C=O) groups excluding carboxylic acids is 2. The quantitative estimate of drug-likeness (QED) is 0.309. The summed E-state index contributed by atoms with van der Waals surface area (Å²) in [7, 11) is 1.69. The standard InChI is InChI=1S/C8H18N4O3/c1-11-3-5(13)4-12-7(14)2-6(9)8(10)15/h5-6,11,13H,2-4,9H2,1H3,(H2,10,15)(H,12,14)/t5?,6-/m0/s1. The van der Waals surface area contributed by atoms with Crippen LogP contribution >= 0.6 is 0 Å². The van der Waals surface area contributed by atoms with Gasteiger partial charge in [0.1, 0.15) is 0 Å². The van der Waals surface area contributed by atoms with Crippen molar-refractivity contribution in [3.05, 3.63) is 0 Å². The van der Waals surface area contributed by atoms with Gasteiger partial charge in [0.25, 0.3) is 0 Å². The zero-order chi connectivity index (χ0) is 11.8. The molecule has 2 amide bonds. The van der Waals surface area contributed by atoms with Gasteiger partial charge in [-0.25, -0.2) is 0 Å². The van der Waals surface area contributed by atoms with Crippen molar-refractivity contribution in [1.82, 2.24) is 10.6 Å². The summed E-state index contributed by atoms with van der Waals surface area (Å²) < 4.78 is 0. The van der Waals surface area contributed by atoms with Gasteiger partial charge in [0.15, 0.2) is 0 Å². The average Bonchev–Trinajstić information content (AvgIpc) is 2.15. The Morgan fingerprint density at radius 1 is 1.40 bits per heavy atom. The molecule has 0 aliphatic heterocycles. The van der Waals surface area contributed by atoms with Gasteiger partial charge in [-0.2, -0.15) is 0 Å². The number of hydrogen-bond acceptors (Lipinski definition) is 5. The molecule has 0 rings (SSSR count). The number of rotatable bonds is 7. The van der Waals surface area contributed by atoms with Crippen LogP contribution in [-0.4, -0.2) is 49.2 Å². The second-order valence-corrected chi connectivity index (χ2v) is 3.23. The summed E-state index contributed by atoms with van der Waals surface area (Å²) in [6.07, 6.45) is -0.828. The molecule has 7 nitrogen and oxygen atoms in total. The monoisotopic (exact) mass is 218 g/mol. The number of aliphatic hydroxyl groups excluding tert-OH is 1. The first kappa shape index (κ1) is 13.8. The molecule has 7 N–H and O–H groups in total. The fourth-order valence-electron chi connectivity index (χ4n) is 0.912. The minimum atomic E-state index is -0.980. The van der Waals surface area contributed by atoms with Crippen LogP contribution in [0.25, 0.3) is 0 Å². The van der Waals surface area contributed by atoms with E-state index in [2.05, 4.69) is 10.6 Å². The van der Waals surface area contributed by atoms with Gasteiger partial charge in [0.2, 0.25) is 11.8 Å². The van der Waals surface area contributed by atoms with Gasteiger partial charge in [-0.05, 0) is 7.05 Å². The van der Waals surface area contributed by atoms with Crippen molar-refractivity contribution in [3.63, 3.8) is 0 Å². The number of carbonyl (C=O) groups is 2. The summed E-state index contributed by atoms with van der Waals surface area (Å²) >= 11 is 0. The van der Waals surface area contributed by atoms with E-state index in [9.17, 15) is 14.7 Å². The van der Waals surface area contributed by atoms with Gasteiger partial charge >= 0.3 is 0 Å². The van der Waals surface area contributed by atoms with Crippen LogP contribution in [-0.2, 0) is 9.59 Å². The molecule has 0 heterocycles. The molecule has 0 spiro atoms. The Bertz CT molecular complexity index is 222. The molecule has 88 valence electrons. The van der Waals surface area contributed by atoms with E-state index in [1.54, 1.807) is 7.05 Å². The zero-order valence-corrected chi connectivity index (χ0v) is 8.69. The molecule has 0 radical (unpaired) electrons. The predicted octanol–water partition coefficient (Wildman–Crippen LogP) is -3.11. The van der Waals surface area contributed by atoms with Crippen LogP contribution < -0.4 is 22.1 Å². The molecular formula is C8H18N4O3.